The fourth-order valence-electron chi connectivity index (χ4n) is 3.49. The van der Waals surface area contributed by atoms with Crippen molar-refractivity contribution in [2.45, 2.75) is 50.8 Å². The molecule has 0 bridgehead atoms. The SMILES string of the molecule is CC(CNc1nccc(-c2[nH]c(C3CC3)nc2-c2cc(Cl)cc(NS(=O)(=O)C(C)C)c2)n1)NC(=O)O. The fraction of sp³-hybridized carbons (Fsp3) is 0.391. The number of imidazole rings is 1. The number of carbonyl (C=O) groups is 1. The van der Waals surface area contributed by atoms with Crippen LogP contribution >= 0.6 is 11.6 Å². The second kappa shape index (κ2) is 10.3. The van der Waals surface area contributed by atoms with Crippen molar-refractivity contribution in [3.05, 3.63) is 41.3 Å². The molecule has 1 amide bonds. The minimum atomic E-state index is -3.56. The number of aromatic nitrogens is 4. The lowest BCUT2D eigenvalue weighted by Crippen LogP contribution is -2.36. The van der Waals surface area contributed by atoms with E-state index >= 15 is 0 Å². The lowest BCUT2D eigenvalue weighted by molar-refractivity contribution is 0.191. The van der Waals surface area contributed by atoms with Crippen molar-refractivity contribution >= 4 is 39.4 Å². The third-order valence-corrected chi connectivity index (χ3v) is 7.57. The van der Waals surface area contributed by atoms with Gasteiger partial charge in [-0.2, -0.15) is 0 Å². The Hall–Kier alpha value is -3.38. The van der Waals surface area contributed by atoms with Gasteiger partial charge < -0.3 is 20.7 Å². The summed E-state index contributed by atoms with van der Waals surface area (Å²) in [5, 5.41) is 14.0. The van der Waals surface area contributed by atoms with Crippen molar-refractivity contribution in [3.63, 3.8) is 0 Å². The Morgan fingerprint density at radius 3 is 2.64 bits per heavy atom. The van der Waals surface area contributed by atoms with Crippen molar-refractivity contribution in [1.82, 2.24) is 25.3 Å². The molecule has 1 unspecified atom stereocenters. The Labute approximate surface area is 214 Å². The monoisotopic (exact) mass is 533 g/mol. The number of anilines is 2. The van der Waals surface area contributed by atoms with Gasteiger partial charge in [0.05, 0.1) is 28.0 Å². The highest BCUT2D eigenvalue weighted by atomic mass is 35.5. The zero-order valence-corrected chi connectivity index (χ0v) is 21.6. The number of sulfonamides is 1. The molecule has 5 N–H and O–H groups in total. The van der Waals surface area contributed by atoms with Crippen LogP contribution in [-0.2, 0) is 10.0 Å². The topological polar surface area (TPSA) is 162 Å². The predicted octanol–water partition coefficient (Wildman–Crippen LogP) is 4.28. The maximum atomic E-state index is 12.4. The molecule has 11 nitrogen and oxygen atoms in total. The highest BCUT2D eigenvalue weighted by Crippen LogP contribution is 2.42. The molecule has 36 heavy (non-hydrogen) atoms. The molecule has 0 radical (unpaired) electrons. The average Bonchev–Trinajstić information content (AvgIpc) is 3.55. The normalized spacial score (nSPS) is 14.5. The summed E-state index contributed by atoms with van der Waals surface area (Å²) in [6.45, 7) is 5.22. The molecule has 1 aliphatic carbocycles. The Kier molecular flexibility index (Phi) is 7.36. The first-order valence-electron chi connectivity index (χ1n) is 11.5. The van der Waals surface area contributed by atoms with Crippen LogP contribution in [0.25, 0.3) is 22.6 Å². The van der Waals surface area contributed by atoms with Crippen LogP contribution in [0.1, 0.15) is 45.4 Å². The van der Waals surface area contributed by atoms with E-state index in [4.69, 9.17) is 21.7 Å². The van der Waals surface area contributed by atoms with Crippen LogP contribution in [0, 0.1) is 0 Å². The molecule has 0 saturated heterocycles. The van der Waals surface area contributed by atoms with Gasteiger partial charge in [0.2, 0.25) is 16.0 Å². The van der Waals surface area contributed by atoms with Crippen LogP contribution in [-0.4, -0.2) is 57.4 Å². The summed E-state index contributed by atoms with van der Waals surface area (Å²) in [5.41, 5.74) is 2.80. The van der Waals surface area contributed by atoms with E-state index in [1.165, 1.54) is 0 Å². The molecular formula is C23H28ClN7O4S. The predicted molar refractivity (Wildman–Crippen MR) is 139 cm³/mol. The minimum absolute atomic E-state index is 0.298. The third-order valence-electron chi connectivity index (χ3n) is 5.59. The van der Waals surface area contributed by atoms with E-state index in [1.54, 1.807) is 51.2 Å². The number of amides is 1. The zero-order valence-electron chi connectivity index (χ0n) is 20.0. The summed E-state index contributed by atoms with van der Waals surface area (Å²) in [7, 11) is -3.56. The zero-order chi connectivity index (χ0) is 26.0. The van der Waals surface area contributed by atoms with Crippen molar-refractivity contribution in [1.29, 1.82) is 0 Å². The van der Waals surface area contributed by atoms with Crippen molar-refractivity contribution in [2.75, 3.05) is 16.6 Å². The number of nitrogens with one attached hydrogen (secondary N) is 4. The number of aromatic amines is 1. The standard InChI is InChI=1S/C23H28ClN7O4S/c1-12(2)36(34,35)31-17-9-15(8-16(24)10-17)19-20(30-21(29-19)14-4-5-14)18-6-7-25-22(28-18)26-11-13(3)27-23(32)33/h6-10,12-14,27,31H,4-5,11H2,1-3H3,(H,29,30)(H,32,33)(H,25,26,28). The molecule has 4 rings (SSSR count). The number of hydrogen-bond donors (Lipinski definition) is 5. The van der Waals surface area contributed by atoms with Crippen molar-refractivity contribution in [3.8, 4) is 22.6 Å². The Balaban J connectivity index is 1.69. The van der Waals surface area contributed by atoms with E-state index in [9.17, 15) is 13.2 Å². The highest BCUT2D eigenvalue weighted by Gasteiger charge is 2.29. The van der Waals surface area contributed by atoms with Gasteiger partial charge in [0.1, 0.15) is 5.82 Å². The molecule has 2 aromatic heterocycles. The molecule has 1 saturated carbocycles. The van der Waals surface area contributed by atoms with Crippen LogP contribution in [0.3, 0.4) is 0 Å². The van der Waals surface area contributed by atoms with Gasteiger partial charge in [0.25, 0.3) is 0 Å². The smallest absolute Gasteiger partial charge is 0.404 e. The number of nitrogens with zero attached hydrogens (tertiary/aromatic N) is 3. The number of carboxylic acid groups (broad SMARTS) is 1. The Bertz CT molecular complexity index is 1370. The van der Waals surface area contributed by atoms with Crippen LogP contribution < -0.4 is 15.4 Å². The lowest BCUT2D eigenvalue weighted by atomic mass is 10.1. The van der Waals surface area contributed by atoms with Crippen LogP contribution in [0.15, 0.2) is 30.5 Å². The first kappa shape index (κ1) is 25.7. The Morgan fingerprint density at radius 2 is 1.97 bits per heavy atom. The highest BCUT2D eigenvalue weighted by molar-refractivity contribution is 7.93. The summed E-state index contributed by atoms with van der Waals surface area (Å²) in [6.07, 6.45) is 2.56. The van der Waals surface area contributed by atoms with Crippen LogP contribution in [0.2, 0.25) is 5.02 Å². The quantitative estimate of drug-likeness (QED) is 0.258. The fourth-order valence-corrected chi connectivity index (χ4v) is 4.41. The lowest BCUT2D eigenvalue weighted by Gasteiger charge is -2.13. The molecule has 192 valence electrons. The van der Waals surface area contributed by atoms with Gasteiger partial charge in [0, 0.05) is 35.3 Å². The van der Waals surface area contributed by atoms with Crippen LogP contribution in [0.4, 0.5) is 16.4 Å². The first-order valence-corrected chi connectivity index (χ1v) is 13.4. The molecule has 0 aliphatic heterocycles. The van der Waals surface area contributed by atoms with E-state index in [1.807, 2.05) is 0 Å². The van der Waals surface area contributed by atoms with E-state index in [-0.39, 0.29) is 6.04 Å². The second-order valence-electron chi connectivity index (χ2n) is 9.04. The van der Waals surface area contributed by atoms with E-state index in [2.05, 4.69) is 30.3 Å². The van der Waals surface area contributed by atoms with Gasteiger partial charge in [-0.1, -0.05) is 11.6 Å². The summed E-state index contributed by atoms with van der Waals surface area (Å²) >= 11 is 6.36. The number of halogens is 1. The van der Waals surface area contributed by atoms with Gasteiger partial charge in [-0.05, 0) is 57.9 Å². The molecule has 1 aromatic carbocycles. The maximum absolute atomic E-state index is 12.4. The average molecular weight is 534 g/mol. The Morgan fingerprint density at radius 1 is 1.22 bits per heavy atom. The molecule has 0 spiro atoms. The first-order chi connectivity index (χ1) is 17.0. The van der Waals surface area contributed by atoms with Gasteiger partial charge >= 0.3 is 6.09 Å². The molecule has 1 atom stereocenters. The number of H-pyrrole nitrogens is 1. The third kappa shape index (κ3) is 6.24. The number of rotatable bonds is 10. The largest absolute Gasteiger partial charge is 0.465 e. The molecular weight excluding hydrogens is 506 g/mol. The summed E-state index contributed by atoms with van der Waals surface area (Å²) in [5.74, 6) is 1.49. The summed E-state index contributed by atoms with van der Waals surface area (Å²) < 4.78 is 27.4. The van der Waals surface area contributed by atoms with E-state index in [0.29, 0.717) is 51.8 Å². The summed E-state index contributed by atoms with van der Waals surface area (Å²) in [6, 6.07) is 6.37. The maximum Gasteiger partial charge on any atom is 0.404 e. The van der Waals surface area contributed by atoms with Gasteiger partial charge in [-0.25, -0.2) is 28.2 Å². The molecule has 13 heteroatoms. The summed E-state index contributed by atoms with van der Waals surface area (Å²) in [4.78, 5) is 27.8. The van der Waals surface area contributed by atoms with Crippen LogP contribution in [0.5, 0.6) is 0 Å². The van der Waals surface area contributed by atoms with Crippen molar-refractivity contribution in [2.24, 2.45) is 0 Å². The van der Waals surface area contributed by atoms with E-state index in [0.717, 1.165) is 18.7 Å². The van der Waals surface area contributed by atoms with Gasteiger partial charge in [-0.15, -0.1) is 0 Å². The molecule has 3 aromatic rings. The molecule has 1 fully saturated rings. The van der Waals surface area contributed by atoms with Gasteiger partial charge in [0.15, 0.2) is 0 Å². The number of benzene rings is 1. The van der Waals surface area contributed by atoms with Crippen molar-refractivity contribution < 1.29 is 18.3 Å². The van der Waals surface area contributed by atoms with E-state index < -0.39 is 21.4 Å². The van der Waals surface area contributed by atoms with Gasteiger partial charge in [-0.3, -0.25) is 4.72 Å². The molecule has 1 aliphatic rings. The second-order valence-corrected chi connectivity index (χ2v) is 11.7. The molecule has 2 heterocycles. The minimum Gasteiger partial charge on any atom is -0.465 e. The number of hydrogen-bond acceptors (Lipinski definition) is 7.